The van der Waals surface area contributed by atoms with Crippen LogP contribution in [0.25, 0.3) is 0 Å². The molecule has 1 aromatic carbocycles. The van der Waals surface area contributed by atoms with Gasteiger partial charge in [0.25, 0.3) is 0 Å². The Morgan fingerprint density at radius 3 is 2.50 bits per heavy atom. The number of carbonyl (C=O) groups excluding carboxylic acids is 2. The maximum absolute atomic E-state index is 12.5. The second kappa shape index (κ2) is 5.72. The minimum atomic E-state index is -0.510. The summed E-state index contributed by atoms with van der Waals surface area (Å²) in [5.41, 5.74) is 0.638. The van der Waals surface area contributed by atoms with Gasteiger partial charge >= 0.3 is 0 Å². The Morgan fingerprint density at radius 1 is 1.00 bits per heavy atom. The van der Waals surface area contributed by atoms with E-state index in [1.807, 2.05) is 0 Å². The van der Waals surface area contributed by atoms with Crippen LogP contribution >= 0.6 is 34.8 Å². The van der Waals surface area contributed by atoms with Crippen molar-refractivity contribution in [3.8, 4) is 0 Å². The number of ketones is 2. The van der Waals surface area contributed by atoms with Crippen LogP contribution in [-0.2, 0) is 0 Å². The lowest BCUT2D eigenvalue weighted by molar-refractivity contribution is 0.0978. The summed E-state index contributed by atoms with van der Waals surface area (Å²) >= 11 is 17.9. The molecule has 0 saturated heterocycles. The molecule has 7 heteroatoms. The quantitative estimate of drug-likeness (QED) is 0.873. The van der Waals surface area contributed by atoms with Crippen molar-refractivity contribution in [2.75, 3.05) is 5.32 Å². The monoisotopic (exact) mass is 352 g/mol. The number of aromatic nitrogens is 1. The number of benzene rings is 1. The molecule has 0 amide bonds. The third kappa shape index (κ3) is 2.50. The number of nitrogens with one attached hydrogen (secondary N) is 1. The van der Waals surface area contributed by atoms with Crippen LogP contribution in [0, 0.1) is 0 Å². The Kier molecular flexibility index (Phi) is 3.91. The molecule has 4 nitrogen and oxygen atoms in total. The van der Waals surface area contributed by atoms with Gasteiger partial charge in [0.05, 0.1) is 16.3 Å². The Morgan fingerprint density at radius 2 is 1.77 bits per heavy atom. The molecule has 3 rings (SSSR count). The van der Waals surface area contributed by atoms with Crippen molar-refractivity contribution < 1.29 is 9.59 Å². The highest BCUT2D eigenvalue weighted by Crippen LogP contribution is 2.31. The fourth-order valence-electron chi connectivity index (χ4n) is 2.06. The zero-order chi connectivity index (χ0) is 15.9. The number of allylic oxidation sites excluding steroid dienone is 2. The van der Waals surface area contributed by atoms with Crippen LogP contribution in [0.15, 0.2) is 47.3 Å². The molecule has 1 heterocycles. The molecular weight excluding hydrogens is 347 g/mol. The molecule has 1 N–H and O–H groups in total. The van der Waals surface area contributed by atoms with Crippen LogP contribution in [0.2, 0.25) is 10.0 Å². The normalized spacial score (nSPS) is 14.1. The first-order valence-electron chi connectivity index (χ1n) is 6.15. The largest absolute Gasteiger partial charge is 0.350 e. The summed E-state index contributed by atoms with van der Waals surface area (Å²) in [7, 11) is 0. The topological polar surface area (TPSA) is 59.1 Å². The van der Waals surface area contributed by atoms with Gasteiger partial charge in [0.15, 0.2) is 0 Å². The summed E-state index contributed by atoms with van der Waals surface area (Å²) in [4.78, 5) is 28.6. The maximum Gasteiger partial charge on any atom is 0.225 e. The predicted molar refractivity (Wildman–Crippen MR) is 85.9 cm³/mol. The summed E-state index contributed by atoms with van der Waals surface area (Å²) in [6.45, 7) is 0. The number of anilines is 1. The van der Waals surface area contributed by atoms with E-state index in [9.17, 15) is 9.59 Å². The Bertz CT molecular complexity index is 846. The standard InChI is InChI=1S/C15H7Cl3N2O2/c16-7-3-4-10(9(17)6-7)20-13-11(18)15(22)12-8(14(13)21)2-1-5-19-12/h1-6,20H. The van der Waals surface area contributed by atoms with E-state index in [1.165, 1.54) is 18.3 Å². The van der Waals surface area contributed by atoms with Crippen LogP contribution in [0.4, 0.5) is 5.69 Å². The number of halogens is 3. The molecule has 0 radical (unpaired) electrons. The highest BCUT2D eigenvalue weighted by molar-refractivity contribution is 6.50. The number of hydrogen-bond acceptors (Lipinski definition) is 4. The van der Waals surface area contributed by atoms with Gasteiger partial charge < -0.3 is 5.32 Å². The summed E-state index contributed by atoms with van der Waals surface area (Å²) in [6.07, 6.45) is 1.43. The van der Waals surface area contributed by atoms with Gasteiger partial charge in [0, 0.05) is 11.2 Å². The van der Waals surface area contributed by atoms with E-state index in [0.717, 1.165) is 0 Å². The van der Waals surface area contributed by atoms with Gasteiger partial charge in [-0.25, -0.2) is 0 Å². The van der Waals surface area contributed by atoms with E-state index >= 15 is 0 Å². The fraction of sp³-hybridized carbons (Fsp3) is 0. The molecule has 0 unspecified atom stereocenters. The van der Waals surface area contributed by atoms with Crippen LogP contribution in [0.1, 0.15) is 20.8 Å². The van der Waals surface area contributed by atoms with E-state index in [1.54, 1.807) is 18.2 Å². The van der Waals surface area contributed by atoms with Gasteiger partial charge in [-0.2, -0.15) is 0 Å². The van der Waals surface area contributed by atoms with E-state index in [0.29, 0.717) is 15.7 Å². The Balaban J connectivity index is 2.05. The lowest BCUT2D eigenvalue weighted by Gasteiger charge is -2.18. The molecule has 0 atom stereocenters. The molecule has 0 spiro atoms. The zero-order valence-electron chi connectivity index (χ0n) is 10.9. The van der Waals surface area contributed by atoms with Crippen LogP contribution in [-0.4, -0.2) is 16.6 Å². The molecule has 1 aliphatic rings. The Hall–Kier alpha value is -1.88. The SMILES string of the molecule is O=C1C(Nc2ccc(Cl)cc2Cl)=C(Cl)C(=O)c2ncccc21. The van der Waals surface area contributed by atoms with E-state index in [2.05, 4.69) is 10.3 Å². The van der Waals surface area contributed by atoms with Gasteiger partial charge in [0.1, 0.15) is 16.4 Å². The van der Waals surface area contributed by atoms with Gasteiger partial charge in [-0.1, -0.05) is 34.8 Å². The first kappa shape index (κ1) is 15.0. The zero-order valence-corrected chi connectivity index (χ0v) is 13.1. The van der Waals surface area contributed by atoms with Gasteiger partial charge in [-0.3, -0.25) is 14.6 Å². The van der Waals surface area contributed by atoms with Crippen molar-refractivity contribution in [3.63, 3.8) is 0 Å². The van der Waals surface area contributed by atoms with Gasteiger partial charge in [0.2, 0.25) is 11.6 Å². The molecular formula is C15H7Cl3N2O2. The molecule has 110 valence electrons. The van der Waals surface area contributed by atoms with Crippen LogP contribution in [0.5, 0.6) is 0 Å². The number of rotatable bonds is 2. The predicted octanol–water partition coefficient (Wildman–Crippen LogP) is 4.33. The van der Waals surface area contributed by atoms with Crippen molar-refractivity contribution in [1.29, 1.82) is 0 Å². The number of nitrogens with zero attached hydrogens (tertiary/aromatic N) is 1. The fourth-order valence-corrected chi connectivity index (χ4v) is 2.74. The van der Waals surface area contributed by atoms with Gasteiger partial charge in [-0.05, 0) is 30.3 Å². The van der Waals surface area contributed by atoms with Crippen molar-refractivity contribution in [1.82, 2.24) is 4.98 Å². The van der Waals surface area contributed by atoms with E-state index < -0.39 is 11.6 Å². The van der Waals surface area contributed by atoms with Crippen LogP contribution in [0.3, 0.4) is 0 Å². The minimum Gasteiger partial charge on any atom is -0.350 e. The number of Topliss-reactive ketones (excluding diaryl/α,β-unsaturated/α-hetero) is 2. The van der Waals surface area contributed by atoms with Crippen molar-refractivity contribution in [2.24, 2.45) is 0 Å². The van der Waals surface area contributed by atoms with Crippen molar-refractivity contribution in [3.05, 3.63) is 68.6 Å². The lowest BCUT2D eigenvalue weighted by Crippen LogP contribution is -2.25. The molecule has 0 fully saturated rings. The second-order valence-corrected chi connectivity index (χ2v) is 5.72. The van der Waals surface area contributed by atoms with Gasteiger partial charge in [-0.15, -0.1) is 0 Å². The molecule has 22 heavy (non-hydrogen) atoms. The summed E-state index contributed by atoms with van der Waals surface area (Å²) in [5.74, 6) is -0.928. The third-order valence-electron chi connectivity index (χ3n) is 3.10. The van der Waals surface area contributed by atoms with E-state index in [-0.39, 0.29) is 22.0 Å². The number of pyridine rings is 1. The molecule has 0 aliphatic heterocycles. The molecule has 1 aromatic heterocycles. The third-order valence-corrected chi connectivity index (χ3v) is 4.01. The summed E-state index contributed by atoms with van der Waals surface area (Å²) < 4.78 is 0. The first-order valence-corrected chi connectivity index (χ1v) is 7.28. The second-order valence-electron chi connectivity index (χ2n) is 4.50. The Labute approximate surface area is 140 Å². The number of hydrogen-bond donors (Lipinski definition) is 1. The number of fused-ring (bicyclic) bond motifs is 1. The van der Waals surface area contributed by atoms with Crippen molar-refractivity contribution >= 4 is 52.1 Å². The first-order chi connectivity index (χ1) is 10.5. The molecule has 1 aliphatic carbocycles. The summed E-state index contributed by atoms with van der Waals surface area (Å²) in [5, 5.41) is 3.35. The minimum absolute atomic E-state index is 0.0311. The smallest absolute Gasteiger partial charge is 0.225 e. The number of carbonyl (C=O) groups is 2. The summed E-state index contributed by atoms with van der Waals surface area (Å²) in [6, 6.07) is 7.82. The lowest BCUT2D eigenvalue weighted by atomic mass is 9.97. The van der Waals surface area contributed by atoms with Crippen LogP contribution < -0.4 is 5.32 Å². The average molecular weight is 354 g/mol. The highest BCUT2D eigenvalue weighted by atomic mass is 35.5. The highest BCUT2D eigenvalue weighted by Gasteiger charge is 2.32. The molecule has 0 bridgehead atoms. The van der Waals surface area contributed by atoms with Crippen molar-refractivity contribution in [2.45, 2.75) is 0 Å². The van der Waals surface area contributed by atoms with E-state index in [4.69, 9.17) is 34.8 Å². The average Bonchev–Trinajstić information content (AvgIpc) is 2.51. The molecule has 2 aromatic rings. The maximum atomic E-state index is 12.5. The molecule has 0 saturated carbocycles.